The van der Waals surface area contributed by atoms with Crippen molar-refractivity contribution in [3.05, 3.63) is 58.6 Å². The highest BCUT2D eigenvalue weighted by atomic mass is 35.5. The predicted molar refractivity (Wildman–Crippen MR) is 111 cm³/mol. The fourth-order valence-corrected chi connectivity index (χ4v) is 2.81. The Balaban J connectivity index is 1.85. The summed E-state index contributed by atoms with van der Waals surface area (Å²) in [6, 6.07) is 14.3. The lowest BCUT2D eigenvalue weighted by Crippen LogP contribution is -2.16. The lowest BCUT2D eigenvalue weighted by molar-refractivity contribution is -0.137. The van der Waals surface area contributed by atoms with Crippen LogP contribution in [0.5, 0.6) is 11.5 Å². The number of hydrogen-bond acceptors (Lipinski definition) is 4. The van der Waals surface area contributed by atoms with Crippen molar-refractivity contribution in [2.45, 2.75) is 26.2 Å². The van der Waals surface area contributed by atoms with Gasteiger partial charge in [0.25, 0.3) is 0 Å². The first kappa shape index (κ1) is 22.1. The maximum absolute atomic E-state index is 11.0. The molecule has 0 fully saturated rings. The maximum atomic E-state index is 11.0. The fourth-order valence-electron chi connectivity index (χ4n) is 2.60. The van der Waals surface area contributed by atoms with E-state index in [9.17, 15) is 4.79 Å². The molecule has 2 unspecified atom stereocenters. The molecule has 150 valence electrons. The highest BCUT2D eigenvalue weighted by molar-refractivity contribution is 6.31. The highest BCUT2D eigenvalue weighted by Crippen LogP contribution is 2.24. The van der Waals surface area contributed by atoms with Gasteiger partial charge in [0.05, 0.1) is 36.1 Å². The minimum atomic E-state index is -0.879. The molecule has 0 saturated heterocycles. The first-order valence-electron chi connectivity index (χ1n) is 9.12. The van der Waals surface area contributed by atoms with Crippen LogP contribution in [0.25, 0.3) is 0 Å². The first-order valence-corrected chi connectivity index (χ1v) is 9.50. The Morgan fingerprint density at radius 1 is 1.14 bits per heavy atom. The van der Waals surface area contributed by atoms with E-state index in [1.807, 2.05) is 37.3 Å². The molecule has 2 rings (SSSR count). The summed E-state index contributed by atoms with van der Waals surface area (Å²) in [6.45, 7) is 4.59. The summed E-state index contributed by atoms with van der Waals surface area (Å²) in [6.07, 6.45) is -0.0330. The highest BCUT2D eigenvalue weighted by Gasteiger charge is 2.13. The number of ether oxygens (including phenoxy) is 2. The Hall–Kier alpha value is -3.15. The molecule has 0 aliphatic carbocycles. The third kappa shape index (κ3) is 7.07. The lowest BCUT2D eigenvalue weighted by atomic mass is 9.96. The van der Waals surface area contributed by atoms with Crippen molar-refractivity contribution in [3.8, 4) is 29.4 Å². The first-order chi connectivity index (χ1) is 13.9. The Labute approximate surface area is 175 Å². The van der Waals surface area contributed by atoms with Crippen molar-refractivity contribution in [2.75, 3.05) is 13.2 Å². The van der Waals surface area contributed by atoms with E-state index >= 15 is 0 Å². The van der Waals surface area contributed by atoms with E-state index in [1.54, 1.807) is 25.1 Å². The summed E-state index contributed by atoms with van der Waals surface area (Å²) in [4.78, 5) is 11.0. The van der Waals surface area contributed by atoms with Crippen LogP contribution < -0.4 is 9.47 Å². The van der Waals surface area contributed by atoms with Crippen LogP contribution in [0.3, 0.4) is 0 Å². The Morgan fingerprint density at radius 2 is 1.76 bits per heavy atom. The van der Waals surface area contributed by atoms with Crippen LogP contribution in [-0.4, -0.2) is 24.3 Å². The van der Waals surface area contributed by atoms with Crippen molar-refractivity contribution in [1.29, 1.82) is 5.26 Å². The smallest absolute Gasteiger partial charge is 0.304 e. The van der Waals surface area contributed by atoms with Gasteiger partial charge in [-0.25, -0.2) is 0 Å². The number of nitrogens with zero attached hydrogens (tertiary/aromatic N) is 1. The summed E-state index contributed by atoms with van der Waals surface area (Å²) in [5, 5.41) is 18.3. The third-order valence-electron chi connectivity index (χ3n) is 4.11. The van der Waals surface area contributed by atoms with E-state index in [0.29, 0.717) is 35.3 Å². The minimum absolute atomic E-state index is 0.0330. The van der Waals surface area contributed by atoms with Crippen molar-refractivity contribution in [1.82, 2.24) is 0 Å². The van der Waals surface area contributed by atoms with Crippen LogP contribution >= 0.6 is 11.6 Å². The maximum Gasteiger partial charge on any atom is 0.304 e. The lowest BCUT2D eigenvalue weighted by Gasteiger charge is -2.15. The molecule has 0 bridgehead atoms. The number of benzene rings is 2. The summed E-state index contributed by atoms with van der Waals surface area (Å²) in [5.74, 6) is 5.91. The van der Waals surface area contributed by atoms with Crippen LogP contribution in [0.4, 0.5) is 0 Å². The van der Waals surface area contributed by atoms with E-state index in [-0.39, 0.29) is 18.3 Å². The van der Waals surface area contributed by atoms with Gasteiger partial charge in [0.2, 0.25) is 0 Å². The molecule has 0 amide bonds. The topological polar surface area (TPSA) is 79.6 Å². The average molecular weight is 412 g/mol. The van der Waals surface area contributed by atoms with Crippen molar-refractivity contribution in [2.24, 2.45) is 5.92 Å². The van der Waals surface area contributed by atoms with Gasteiger partial charge in [0.1, 0.15) is 17.6 Å². The number of rotatable bonds is 9. The number of halogens is 1. The molecule has 0 saturated carbocycles. The summed E-state index contributed by atoms with van der Waals surface area (Å²) in [7, 11) is 0. The average Bonchev–Trinajstić information content (AvgIpc) is 2.70. The largest absolute Gasteiger partial charge is 0.493 e. The normalized spacial score (nSPS) is 12.1. The number of carboxylic acids is 1. The van der Waals surface area contributed by atoms with E-state index in [0.717, 1.165) is 5.56 Å². The number of carbonyl (C=O) groups is 1. The molecule has 2 atom stereocenters. The second-order valence-electron chi connectivity index (χ2n) is 6.59. The van der Waals surface area contributed by atoms with Crippen molar-refractivity contribution < 1.29 is 19.4 Å². The molecular weight excluding hydrogens is 390 g/mol. The van der Waals surface area contributed by atoms with Crippen molar-refractivity contribution >= 4 is 17.6 Å². The van der Waals surface area contributed by atoms with Gasteiger partial charge in [-0.15, -0.1) is 5.92 Å². The number of carboxylic acid groups (broad SMARTS) is 1. The van der Waals surface area contributed by atoms with E-state index < -0.39 is 5.97 Å². The van der Waals surface area contributed by atoms with Gasteiger partial charge in [-0.2, -0.15) is 5.26 Å². The van der Waals surface area contributed by atoms with Gasteiger partial charge >= 0.3 is 5.97 Å². The molecule has 29 heavy (non-hydrogen) atoms. The molecule has 0 aliphatic heterocycles. The van der Waals surface area contributed by atoms with E-state index in [4.69, 9.17) is 31.4 Å². The van der Waals surface area contributed by atoms with Crippen LogP contribution in [0.15, 0.2) is 42.5 Å². The quantitative estimate of drug-likeness (QED) is 0.594. The number of hydrogen-bond donors (Lipinski definition) is 1. The van der Waals surface area contributed by atoms with E-state index in [1.165, 1.54) is 0 Å². The molecule has 0 aliphatic rings. The summed E-state index contributed by atoms with van der Waals surface area (Å²) in [5.41, 5.74) is 1.26. The standard InChI is InChI=1S/C23H22ClNO4/c1-3-4-18(11-23(26)27)17-5-8-20(9-6-17)28-14-16(2)15-29-21-10-7-19(13-25)22(24)12-21/h5-10,12,16,18H,11,14-15H2,1-2H3,(H,26,27). The van der Waals surface area contributed by atoms with Crippen LogP contribution in [-0.2, 0) is 4.79 Å². The second kappa shape index (κ2) is 11.0. The fraction of sp³-hybridized carbons (Fsp3) is 0.304. The van der Waals surface area contributed by atoms with Crippen LogP contribution in [0, 0.1) is 29.1 Å². The zero-order valence-corrected chi connectivity index (χ0v) is 17.1. The molecular formula is C23H22ClNO4. The van der Waals surface area contributed by atoms with E-state index in [2.05, 4.69) is 11.8 Å². The SMILES string of the molecule is CC#CC(CC(=O)O)c1ccc(OCC(C)COc2ccc(C#N)c(Cl)c2)cc1. The Kier molecular flexibility index (Phi) is 8.40. The zero-order valence-electron chi connectivity index (χ0n) is 16.3. The number of nitriles is 1. The van der Waals surface area contributed by atoms with Gasteiger partial charge in [0.15, 0.2) is 0 Å². The zero-order chi connectivity index (χ0) is 21.2. The summed E-state index contributed by atoms with van der Waals surface area (Å²) < 4.78 is 11.5. The number of aliphatic carboxylic acids is 1. The third-order valence-corrected chi connectivity index (χ3v) is 4.42. The minimum Gasteiger partial charge on any atom is -0.493 e. The van der Waals surface area contributed by atoms with Gasteiger partial charge < -0.3 is 14.6 Å². The van der Waals surface area contributed by atoms with Gasteiger partial charge in [0, 0.05) is 12.0 Å². The Bertz CT molecular complexity index is 938. The van der Waals surface area contributed by atoms with Gasteiger partial charge in [-0.05, 0) is 36.8 Å². The molecule has 2 aromatic rings. The van der Waals surface area contributed by atoms with Gasteiger partial charge in [-0.3, -0.25) is 4.79 Å². The molecule has 2 aromatic carbocycles. The molecule has 0 heterocycles. The monoisotopic (exact) mass is 411 g/mol. The molecule has 0 spiro atoms. The Morgan fingerprint density at radius 3 is 2.31 bits per heavy atom. The molecule has 6 heteroatoms. The predicted octanol–water partition coefficient (Wildman–Crippen LogP) is 4.89. The van der Waals surface area contributed by atoms with Crippen LogP contribution in [0.2, 0.25) is 5.02 Å². The van der Waals surface area contributed by atoms with Crippen molar-refractivity contribution in [3.63, 3.8) is 0 Å². The molecule has 1 N–H and O–H groups in total. The molecule has 5 nitrogen and oxygen atoms in total. The second-order valence-corrected chi connectivity index (χ2v) is 7.00. The molecule has 0 aromatic heterocycles. The molecule has 0 radical (unpaired) electrons. The van der Waals surface area contributed by atoms with Crippen LogP contribution in [0.1, 0.15) is 37.3 Å². The summed E-state index contributed by atoms with van der Waals surface area (Å²) >= 11 is 6.00. The van der Waals surface area contributed by atoms with Gasteiger partial charge in [-0.1, -0.05) is 36.6 Å².